The number of nitrogens with one attached hydrogen (secondary N) is 1. The molecule has 7 nitrogen and oxygen atoms in total. The van der Waals surface area contributed by atoms with Crippen LogP contribution in [0, 0.1) is 5.92 Å². The Morgan fingerprint density at radius 3 is 2.70 bits per heavy atom. The molecule has 0 spiro atoms. The van der Waals surface area contributed by atoms with Crippen molar-refractivity contribution in [1.29, 1.82) is 0 Å². The van der Waals surface area contributed by atoms with Crippen LogP contribution in [0.5, 0.6) is 0 Å². The van der Waals surface area contributed by atoms with Gasteiger partial charge < -0.3 is 16.0 Å². The van der Waals surface area contributed by atoms with Gasteiger partial charge in [-0.25, -0.2) is 4.98 Å². The predicted molar refractivity (Wildman–Crippen MR) is 131 cm³/mol. The minimum absolute atomic E-state index is 0.000613. The van der Waals surface area contributed by atoms with Gasteiger partial charge in [-0.3, -0.25) is 14.4 Å². The highest BCUT2D eigenvalue weighted by Gasteiger charge is 2.32. The zero-order chi connectivity index (χ0) is 23.6. The molecule has 33 heavy (non-hydrogen) atoms. The molecule has 2 amide bonds. The van der Waals surface area contributed by atoms with Crippen LogP contribution >= 0.6 is 11.3 Å². The van der Waals surface area contributed by atoms with E-state index in [1.165, 1.54) is 37.5 Å². The number of benzene rings is 1. The maximum atomic E-state index is 13.3. The van der Waals surface area contributed by atoms with Crippen LogP contribution in [0.25, 0.3) is 0 Å². The van der Waals surface area contributed by atoms with Crippen molar-refractivity contribution in [2.45, 2.75) is 64.3 Å². The van der Waals surface area contributed by atoms with Crippen LogP contribution in [0.1, 0.15) is 67.8 Å². The van der Waals surface area contributed by atoms with Gasteiger partial charge in [0.25, 0.3) is 0 Å². The Hall–Kier alpha value is -2.58. The molecular weight excluding hydrogens is 436 g/mol. The second-order valence-corrected chi connectivity index (χ2v) is 9.61. The quantitative estimate of drug-likeness (QED) is 0.482. The summed E-state index contributed by atoms with van der Waals surface area (Å²) in [5.41, 5.74) is 7.43. The molecule has 1 fully saturated rings. The molecule has 0 radical (unpaired) electrons. The van der Waals surface area contributed by atoms with Crippen LogP contribution in [-0.4, -0.2) is 46.6 Å². The van der Waals surface area contributed by atoms with Crippen LogP contribution in [0.3, 0.4) is 0 Å². The number of rotatable bonds is 11. The Bertz CT molecular complexity index is 925. The number of hydrogen-bond donors (Lipinski definition) is 2. The second-order valence-electron chi connectivity index (χ2n) is 8.71. The van der Waals surface area contributed by atoms with E-state index >= 15 is 0 Å². The summed E-state index contributed by atoms with van der Waals surface area (Å²) in [5.74, 6) is 0.130. The van der Waals surface area contributed by atoms with Crippen molar-refractivity contribution in [2.75, 3.05) is 18.4 Å². The highest BCUT2D eigenvalue weighted by atomic mass is 32.1. The number of nitrogens with two attached hydrogens (primary N) is 1. The summed E-state index contributed by atoms with van der Waals surface area (Å²) in [7, 11) is 0. The average Bonchev–Trinajstić information content (AvgIpc) is 3.33. The molecule has 178 valence electrons. The molecule has 3 rings (SSSR count). The fourth-order valence-electron chi connectivity index (χ4n) is 4.52. The molecular formula is C25H34N4O3S. The van der Waals surface area contributed by atoms with Crippen molar-refractivity contribution < 1.29 is 14.4 Å². The fraction of sp³-hybridized carbons (Fsp3) is 0.520. The lowest BCUT2D eigenvalue weighted by Gasteiger charge is -2.34. The number of ketones is 1. The zero-order valence-electron chi connectivity index (χ0n) is 19.3. The van der Waals surface area contributed by atoms with Crippen LogP contribution in [0.15, 0.2) is 35.8 Å². The van der Waals surface area contributed by atoms with Gasteiger partial charge in [-0.05, 0) is 37.3 Å². The van der Waals surface area contributed by atoms with Crippen molar-refractivity contribution in [3.8, 4) is 0 Å². The molecule has 1 aromatic carbocycles. The number of hydrogen-bond acceptors (Lipinski definition) is 6. The average molecular weight is 471 g/mol. The molecule has 1 aromatic heterocycles. The van der Waals surface area contributed by atoms with E-state index in [1.54, 1.807) is 17.2 Å². The first-order chi connectivity index (χ1) is 16.0. The monoisotopic (exact) mass is 470 g/mol. The lowest BCUT2D eigenvalue weighted by molar-refractivity contribution is -0.139. The van der Waals surface area contributed by atoms with Crippen LogP contribution < -0.4 is 11.1 Å². The topological polar surface area (TPSA) is 105 Å². The molecule has 0 bridgehead atoms. The number of amides is 2. The first-order valence-electron chi connectivity index (χ1n) is 11.8. The number of aryl methyl sites for hydroxylation is 1. The van der Waals surface area contributed by atoms with Crippen LogP contribution in [0.4, 0.5) is 5.13 Å². The minimum atomic E-state index is -0.573. The third-order valence-electron chi connectivity index (χ3n) is 6.27. The molecule has 3 N–H and O–H groups in total. The van der Waals surface area contributed by atoms with Gasteiger partial charge in [0.15, 0.2) is 10.9 Å². The van der Waals surface area contributed by atoms with Crippen molar-refractivity contribution in [2.24, 2.45) is 11.7 Å². The van der Waals surface area contributed by atoms with E-state index in [2.05, 4.69) is 10.3 Å². The molecule has 1 aliphatic carbocycles. The summed E-state index contributed by atoms with van der Waals surface area (Å²) in [6.45, 7) is 2.15. The lowest BCUT2D eigenvalue weighted by Crippen LogP contribution is -2.50. The molecule has 1 atom stereocenters. The summed E-state index contributed by atoms with van der Waals surface area (Å²) in [4.78, 5) is 44.1. The Balaban J connectivity index is 1.74. The SMILES string of the molecule is CC(=O)c1cccc(CCC(=O)N(CCN)[C@@H](CC2CCCCC2)C(=O)Nc2nccs2)c1. The van der Waals surface area contributed by atoms with Crippen LogP contribution in [-0.2, 0) is 16.0 Å². The van der Waals surface area contributed by atoms with E-state index in [0.29, 0.717) is 36.0 Å². The van der Waals surface area contributed by atoms with Crippen LogP contribution in [0.2, 0.25) is 0 Å². The van der Waals surface area contributed by atoms with E-state index in [4.69, 9.17) is 5.73 Å². The normalized spacial score (nSPS) is 15.1. The van der Waals surface area contributed by atoms with Gasteiger partial charge >= 0.3 is 0 Å². The number of aromatic nitrogens is 1. The summed E-state index contributed by atoms with van der Waals surface area (Å²) in [6.07, 6.45) is 8.80. The minimum Gasteiger partial charge on any atom is -0.329 e. The molecule has 8 heteroatoms. The standard InChI is InChI=1S/C25H34N4O3S/c1-18(30)21-9-5-8-20(16-21)10-11-23(31)29(14-12-26)22(17-19-6-3-2-4-7-19)24(32)28-25-27-13-15-33-25/h5,8-9,13,15-16,19,22H,2-4,6-7,10-12,14,17,26H2,1H3,(H,27,28,32)/t22-/m0/s1. The Labute approximate surface area is 199 Å². The van der Waals surface area contributed by atoms with Gasteiger partial charge in [-0.15, -0.1) is 11.3 Å². The number of thiazole rings is 1. The van der Waals surface area contributed by atoms with Crippen molar-refractivity contribution in [3.63, 3.8) is 0 Å². The number of carbonyl (C=O) groups excluding carboxylic acids is 3. The van der Waals surface area contributed by atoms with E-state index in [1.807, 2.05) is 23.6 Å². The predicted octanol–water partition coefficient (Wildman–Crippen LogP) is 4.04. The lowest BCUT2D eigenvalue weighted by atomic mass is 9.84. The molecule has 1 heterocycles. The number of Topliss-reactive ketones (excluding diaryl/α,β-unsaturated/α-hetero) is 1. The molecule has 1 saturated carbocycles. The van der Waals surface area contributed by atoms with Gasteiger partial charge in [0, 0.05) is 36.7 Å². The number of anilines is 1. The summed E-state index contributed by atoms with van der Waals surface area (Å²) >= 11 is 1.36. The highest BCUT2D eigenvalue weighted by molar-refractivity contribution is 7.13. The molecule has 0 aliphatic heterocycles. The highest BCUT2D eigenvalue weighted by Crippen LogP contribution is 2.29. The Morgan fingerprint density at radius 2 is 2.03 bits per heavy atom. The summed E-state index contributed by atoms with van der Waals surface area (Å²) in [5, 5.41) is 5.24. The number of nitrogens with zero attached hydrogens (tertiary/aromatic N) is 2. The summed E-state index contributed by atoms with van der Waals surface area (Å²) in [6, 6.07) is 6.79. The van der Waals surface area contributed by atoms with Crippen molar-refractivity contribution >= 4 is 34.1 Å². The smallest absolute Gasteiger partial charge is 0.248 e. The van der Waals surface area contributed by atoms with Gasteiger partial charge in [0.05, 0.1) is 0 Å². The summed E-state index contributed by atoms with van der Waals surface area (Å²) < 4.78 is 0. The second kappa shape index (κ2) is 12.6. The van der Waals surface area contributed by atoms with E-state index in [0.717, 1.165) is 18.4 Å². The fourth-order valence-corrected chi connectivity index (χ4v) is 5.05. The largest absolute Gasteiger partial charge is 0.329 e. The number of carbonyl (C=O) groups is 3. The van der Waals surface area contributed by atoms with E-state index < -0.39 is 6.04 Å². The maximum Gasteiger partial charge on any atom is 0.248 e. The van der Waals surface area contributed by atoms with Gasteiger partial charge in [0.2, 0.25) is 11.8 Å². The van der Waals surface area contributed by atoms with E-state index in [9.17, 15) is 14.4 Å². The van der Waals surface area contributed by atoms with Gasteiger partial charge in [-0.2, -0.15) is 0 Å². The van der Waals surface area contributed by atoms with Gasteiger partial charge in [-0.1, -0.05) is 50.3 Å². The molecule has 2 aromatic rings. The molecule has 1 aliphatic rings. The third kappa shape index (κ3) is 7.47. The first kappa shape index (κ1) is 25.1. The van der Waals surface area contributed by atoms with Gasteiger partial charge in [0.1, 0.15) is 6.04 Å². The first-order valence-corrected chi connectivity index (χ1v) is 12.7. The molecule has 0 saturated heterocycles. The zero-order valence-corrected chi connectivity index (χ0v) is 20.1. The third-order valence-corrected chi connectivity index (χ3v) is 6.96. The molecule has 0 unspecified atom stereocenters. The van der Waals surface area contributed by atoms with Crippen molar-refractivity contribution in [3.05, 3.63) is 47.0 Å². The Kier molecular flexibility index (Phi) is 9.57. The van der Waals surface area contributed by atoms with E-state index in [-0.39, 0.29) is 30.6 Å². The maximum absolute atomic E-state index is 13.3. The Morgan fingerprint density at radius 1 is 1.24 bits per heavy atom. The van der Waals surface area contributed by atoms with Crippen molar-refractivity contribution in [1.82, 2.24) is 9.88 Å².